The van der Waals surface area contributed by atoms with E-state index in [1.807, 2.05) is 12.1 Å². The van der Waals surface area contributed by atoms with Crippen LogP contribution in [0.15, 0.2) is 48.5 Å². The molecule has 108 valence electrons. The van der Waals surface area contributed by atoms with Gasteiger partial charge in [-0.1, -0.05) is 36.1 Å². The molecule has 0 atom stereocenters. The van der Waals surface area contributed by atoms with Crippen LogP contribution >= 0.6 is 0 Å². The molecular weight excluding hydrogens is 258 g/mol. The average molecular weight is 279 g/mol. The van der Waals surface area contributed by atoms with Gasteiger partial charge in [-0.25, -0.2) is 0 Å². The van der Waals surface area contributed by atoms with Gasteiger partial charge in [0, 0.05) is 24.3 Å². The SMILES string of the molecule is CCN(Cc1cccc(C#CCO)c1)c1cccc(C)c1. The average Bonchev–Trinajstić information content (AvgIpc) is 2.51. The van der Waals surface area contributed by atoms with Crippen molar-refractivity contribution in [2.24, 2.45) is 0 Å². The second-order valence-electron chi connectivity index (χ2n) is 5.01. The van der Waals surface area contributed by atoms with E-state index in [1.54, 1.807) is 0 Å². The molecule has 0 saturated carbocycles. The van der Waals surface area contributed by atoms with Gasteiger partial charge >= 0.3 is 0 Å². The van der Waals surface area contributed by atoms with Gasteiger partial charge in [0.25, 0.3) is 0 Å². The van der Waals surface area contributed by atoms with E-state index < -0.39 is 0 Å². The summed E-state index contributed by atoms with van der Waals surface area (Å²) in [6.07, 6.45) is 0. The van der Waals surface area contributed by atoms with E-state index in [1.165, 1.54) is 16.8 Å². The minimum absolute atomic E-state index is 0.103. The molecule has 2 aromatic rings. The van der Waals surface area contributed by atoms with Crippen LogP contribution < -0.4 is 4.90 Å². The minimum atomic E-state index is -0.103. The Labute approximate surface area is 127 Å². The fraction of sp³-hybridized carbons (Fsp3) is 0.263. The molecule has 0 aliphatic rings. The normalized spacial score (nSPS) is 9.86. The highest BCUT2D eigenvalue weighted by Gasteiger charge is 2.05. The first-order chi connectivity index (χ1) is 10.2. The molecule has 1 N–H and O–H groups in total. The van der Waals surface area contributed by atoms with Crippen molar-refractivity contribution in [3.63, 3.8) is 0 Å². The van der Waals surface area contributed by atoms with Gasteiger partial charge in [-0.05, 0) is 49.2 Å². The summed E-state index contributed by atoms with van der Waals surface area (Å²) in [6.45, 7) is 5.99. The Kier molecular flexibility index (Phi) is 5.43. The molecular formula is C19H21NO. The molecule has 0 aliphatic heterocycles. The Balaban J connectivity index is 2.19. The minimum Gasteiger partial charge on any atom is -0.384 e. The maximum Gasteiger partial charge on any atom is 0.104 e. The lowest BCUT2D eigenvalue weighted by Gasteiger charge is -2.23. The van der Waals surface area contributed by atoms with Crippen LogP contribution in [0, 0.1) is 18.8 Å². The lowest BCUT2D eigenvalue weighted by molar-refractivity contribution is 0.350. The molecule has 2 heteroatoms. The van der Waals surface area contributed by atoms with Crippen molar-refractivity contribution < 1.29 is 5.11 Å². The van der Waals surface area contributed by atoms with Gasteiger partial charge in [-0.3, -0.25) is 0 Å². The number of aryl methyl sites for hydroxylation is 1. The van der Waals surface area contributed by atoms with Gasteiger partial charge in [0.05, 0.1) is 0 Å². The van der Waals surface area contributed by atoms with Crippen molar-refractivity contribution in [3.8, 4) is 11.8 Å². The Morgan fingerprint density at radius 2 is 1.90 bits per heavy atom. The standard InChI is InChI=1S/C19H21NO/c1-3-20(19-11-4-7-16(2)13-19)15-18-9-5-8-17(14-18)10-6-12-21/h4-5,7-9,11,13-14,21H,3,12,15H2,1-2H3. The van der Waals surface area contributed by atoms with E-state index in [0.717, 1.165) is 18.7 Å². The summed E-state index contributed by atoms with van der Waals surface area (Å²) in [6, 6.07) is 16.7. The summed E-state index contributed by atoms with van der Waals surface area (Å²) in [5.41, 5.74) is 4.68. The molecule has 2 nitrogen and oxygen atoms in total. The molecule has 0 aliphatic carbocycles. The molecule has 2 rings (SSSR count). The van der Waals surface area contributed by atoms with Crippen LogP contribution in [0.3, 0.4) is 0 Å². The van der Waals surface area contributed by atoms with Crippen molar-refractivity contribution in [2.45, 2.75) is 20.4 Å². The van der Waals surface area contributed by atoms with Crippen LogP contribution in [0.25, 0.3) is 0 Å². The summed E-state index contributed by atoms with van der Waals surface area (Å²) < 4.78 is 0. The zero-order valence-electron chi connectivity index (χ0n) is 12.6. The number of anilines is 1. The smallest absolute Gasteiger partial charge is 0.104 e. The van der Waals surface area contributed by atoms with Crippen LogP contribution in [0.5, 0.6) is 0 Å². The van der Waals surface area contributed by atoms with E-state index in [-0.39, 0.29) is 6.61 Å². The van der Waals surface area contributed by atoms with E-state index >= 15 is 0 Å². The fourth-order valence-corrected chi connectivity index (χ4v) is 2.32. The number of nitrogens with zero attached hydrogens (tertiary/aromatic N) is 1. The van der Waals surface area contributed by atoms with Crippen molar-refractivity contribution >= 4 is 5.69 Å². The lowest BCUT2D eigenvalue weighted by Crippen LogP contribution is -2.22. The molecule has 0 saturated heterocycles. The third-order valence-corrected chi connectivity index (χ3v) is 3.36. The zero-order valence-corrected chi connectivity index (χ0v) is 12.6. The lowest BCUT2D eigenvalue weighted by atomic mass is 10.1. The Morgan fingerprint density at radius 3 is 2.62 bits per heavy atom. The van der Waals surface area contributed by atoms with Gasteiger partial charge in [0.1, 0.15) is 6.61 Å². The second kappa shape index (κ2) is 7.52. The Bertz CT molecular complexity index is 652. The van der Waals surface area contributed by atoms with Crippen LogP contribution in [-0.2, 0) is 6.54 Å². The maximum absolute atomic E-state index is 8.77. The first-order valence-electron chi connectivity index (χ1n) is 7.23. The van der Waals surface area contributed by atoms with Crippen molar-refractivity contribution in [1.29, 1.82) is 0 Å². The van der Waals surface area contributed by atoms with Crippen molar-refractivity contribution in [3.05, 3.63) is 65.2 Å². The quantitative estimate of drug-likeness (QED) is 0.867. The van der Waals surface area contributed by atoms with Crippen LogP contribution in [-0.4, -0.2) is 18.3 Å². The highest BCUT2D eigenvalue weighted by molar-refractivity contribution is 5.49. The number of aliphatic hydroxyl groups excluding tert-OH is 1. The molecule has 0 fully saturated rings. The Morgan fingerprint density at radius 1 is 1.10 bits per heavy atom. The first-order valence-corrected chi connectivity index (χ1v) is 7.23. The monoisotopic (exact) mass is 279 g/mol. The van der Waals surface area contributed by atoms with Crippen molar-refractivity contribution in [1.82, 2.24) is 0 Å². The van der Waals surface area contributed by atoms with Crippen LogP contribution in [0.4, 0.5) is 5.69 Å². The highest BCUT2D eigenvalue weighted by atomic mass is 16.2. The number of rotatable bonds is 4. The summed E-state index contributed by atoms with van der Waals surface area (Å²) in [5, 5.41) is 8.77. The van der Waals surface area contributed by atoms with Gasteiger partial charge in [0.15, 0.2) is 0 Å². The molecule has 0 radical (unpaired) electrons. The molecule has 21 heavy (non-hydrogen) atoms. The van der Waals surface area contributed by atoms with Gasteiger partial charge in [-0.15, -0.1) is 0 Å². The summed E-state index contributed by atoms with van der Waals surface area (Å²) >= 11 is 0. The van der Waals surface area contributed by atoms with E-state index in [2.05, 4.69) is 67.0 Å². The predicted molar refractivity (Wildman–Crippen MR) is 88.3 cm³/mol. The van der Waals surface area contributed by atoms with Crippen molar-refractivity contribution in [2.75, 3.05) is 18.1 Å². The maximum atomic E-state index is 8.77. The molecule has 0 bridgehead atoms. The largest absolute Gasteiger partial charge is 0.384 e. The third kappa shape index (κ3) is 4.37. The van der Waals surface area contributed by atoms with E-state index in [0.29, 0.717) is 0 Å². The third-order valence-electron chi connectivity index (χ3n) is 3.36. The van der Waals surface area contributed by atoms with Crippen LogP contribution in [0.2, 0.25) is 0 Å². The van der Waals surface area contributed by atoms with Gasteiger partial charge in [0.2, 0.25) is 0 Å². The van der Waals surface area contributed by atoms with Gasteiger partial charge in [-0.2, -0.15) is 0 Å². The number of hydrogen-bond donors (Lipinski definition) is 1. The second-order valence-corrected chi connectivity index (χ2v) is 5.01. The summed E-state index contributed by atoms with van der Waals surface area (Å²) in [5.74, 6) is 5.65. The summed E-state index contributed by atoms with van der Waals surface area (Å²) in [4.78, 5) is 2.34. The predicted octanol–water partition coefficient (Wildman–Crippen LogP) is 3.37. The molecule has 0 amide bonds. The number of hydrogen-bond acceptors (Lipinski definition) is 2. The zero-order chi connectivity index (χ0) is 15.1. The Hall–Kier alpha value is -2.24. The summed E-state index contributed by atoms with van der Waals surface area (Å²) in [7, 11) is 0. The van der Waals surface area contributed by atoms with Crippen LogP contribution in [0.1, 0.15) is 23.6 Å². The molecule has 0 heterocycles. The molecule has 0 aromatic heterocycles. The van der Waals surface area contributed by atoms with Gasteiger partial charge < -0.3 is 10.0 Å². The molecule has 0 spiro atoms. The number of benzene rings is 2. The van der Waals surface area contributed by atoms with E-state index in [9.17, 15) is 0 Å². The molecule has 0 unspecified atom stereocenters. The first kappa shape index (κ1) is 15.2. The molecule has 2 aromatic carbocycles. The topological polar surface area (TPSA) is 23.5 Å². The number of aliphatic hydroxyl groups is 1. The fourth-order valence-electron chi connectivity index (χ4n) is 2.32. The highest BCUT2D eigenvalue weighted by Crippen LogP contribution is 2.18. The van der Waals surface area contributed by atoms with E-state index in [4.69, 9.17) is 5.11 Å².